The third-order valence-corrected chi connectivity index (χ3v) is 2.88. The molecular formula is C11H21N3. The normalized spacial score (nSPS) is 15.4. The Labute approximate surface area is 86.5 Å². The highest BCUT2D eigenvalue weighted by molar-refractivity contribution is 5.03. The van der Waals surface area contributed by atoms with Crippen LogP contribution in [0.2, 0.25) is 0 Å². The summed E-state index contributed by atoms with van der Waals surface area (Å²) >= 11 is 0. The zero-order valence-corrected chi connectivity index (χ0v) is 9.62. The van der Waals surface area contributed by atoms with Crippen LogP contribution < -0.4 is 5.32 Å². The van der Waals surface area contributed by atoms with Crippen molar-refractivity contribution >= 4 is 0 Å². The number of hydrogen-bond donors (Lipinski definition) is 1. The average Bonchev–Trinajstić information content (AvgIpc) is 2.59. The van der Waals surface area contributed by atoms with Crippen LogP contribution in [0.3, 0.4) is 0 Å². The van der Waals surface area contributed by atoms with Gasteiger partial charge in [0.15, 0.2) is 0 Å². The minimum Gasteiger partial charge on any atom is -0.310 e. The van der Waals surface area contributed by atoms with Crippen LogP contribution in [-0.2, 0) is 13.6 Å². The second-order valence-electron chi connectivity index (χ2n) is 4.08. The van der Waals surface area contributed by atoms with E-state index in [1.807, 2.05) is 17.9 Å². The molecule has 3 heteroatoms. The van der Waals surface area contributed by atoms with E-state index in [0.717, 1.165) is 12.5 Å². The minimum absolute atomic E-state index is 0.570. The van der Waals surface area contributed by atoms with Crippen molar-refractivity contribution in [1.29, 1.82) is 0 Å². The lowest BCUT2D eigenvalue weighted by atomic mass is 10.0. The standard InChI is InChI=1S/C11H21N3/c1-5-9(2)10(3)12-6-11-7-13-14(4)8-11/h7-10,12H,5-6H2,1-4H3/t9-,10+/m1/s1. The van der Waals surface area contributed by atoms with Crippen LogP contribution in [0.4, 0.5) is 0 Å². The van der Waals surface area contributed by atoms with E-state index in [2.05, 4.69) is 37.4 Å². The molecule has 80 valence electrons. The van der Waals surface area contributed by atoms with Gasteiger partial charge in [-0.3, -0.25) is 4.68 Å². The molecule has 0 aliphatic heterocycles. The Bertz CT molecular complexity index is 267. The van der Waals surface area contributed by atoms with E-state index >= 15 is 0 Å². The first kappa shape index (κ1) is 11.2. The van der Waals surface area contributed by atoms with Crippen molar-refractivity contribution in [3.05, 3.63) is 18.0 Å². The summed E-state index contributed by atoms with van der Waals surface area (Å²) in [4.78, 5) is 0. The van der Waals surface area contributed by atoms with Crippen LogP contribution in [0.25, 0.3) is 0 Å². The molecule has 0 bridgehead atoms. The molecule has 0 aromatic carbocycles. The molecule has 0 spiro atoms. The molecule has 1 aromatic heterocycles. The van der Waals surface area contributed by atoms with Gasteiger partial charge in [-0.1, -0.05) is 20.3 Å². The third kappa shape index (κ3) is 3.14. The SMILES string of the molecule is CC[C@@H](C)[C@H](C)NCc1cnn(C)c1. The van der Waals surface area contributed by atoms with Gasteiger partial charge < -0.3 is 5.32 Å². The Morgan fingerprint density at radius 2 is 2.21 bits per heavy atom. The Morgan fingerprint density at radius 3 is 2.71 bits per heavy atom. The van der Waals surface area contributed by atoms with Gasteiger partial charge in [0.2, 0.25) is 0 Å². The molecule has 2 atom stereocenters. The van der Waals surface area contributed by atoms with Crippen molar-refractivity contribution in [3.63, 3.8) is 0 Å². The van der Waals surface area contributed by atoms with Gasteiger partial charge in [0, 0.05) is 31.4 Å². The predicted octanol–water partition coefficient (Wildman–Crippen LogP) is 1.94. The Hall–Kier alpha value is -0.830. The van der Waals surface area contributed by atoms with Gasteiger partial charge >= 0.3 is 0 Å². The molecular weight excluding hydrogens is 174 g/mol. The van der Waals surface area contributed by atoms with Crippen LogP contribution in [0.15, 0.2) is 12.4 Å². The molecule has 0 radical (unpaired) electrons. The number of aromatic nitrogens is 2. The fraction of sp³-hybridized carbons (Fsp3) is 0.727. The first-order valence-corrected chi connectivity index (χ1v) is 5.34. The van der Waals surface area contributed by atoms with E-state index in [1.165, 1.54) is 12.0 Å². The van der Waals surface area contributed by atoms with Gasteiger partial charge in [-0.25, -0.2) is 0 Å². The molecule has 0 fully saturated rings. The summed E-state index contributed by atoms with van der Waals surface area (Å²) in [6.45, 7) is 7.66. The Kier molecular flexibility index (Phi) is 4.14. The van der Waals surface area contributed by atoms with E-state index in [-0.39, 0.29) is 0 Å². The lowest BCUT2D eigenvalue weighted by Crippen LogP contribution is -2.31. The zero-order valence-electron chi connectivity index (χ0n) is 9.62. The summed E-state index contributed by atoms with van der Waals surface area (Å²) in [6.07, 6.45) is 5.19. The third-order valence-electron chi connectivity index (χ3n) is 2.88. The maximum atomic E-state index is 4.14. The van der Waals surface area contributed by atoms with Crippen molar-refractivity contribution in [2.45, 2.75) is 39.8 Å². The van der Waals surface area contributed by atoms with Gasteiger partial charge in [-0.2, -0.15) is 5.10 Å². The molecule has 0 unspecified atom stereocenters. The summed E-state index contributed by atoms with van der Waals surface area (Å²) in [6, 6.07) is 0.570. The van der Waals surface area contributed by atoms with Crippen LogP contribution in [-0.4, -0.2) is 15.8 Å². The molecule has 1 N–H and O–H groups in total. The molecule has 0 saturated carbocycles. The monoisotopic (exact) mass is 195 g/mol. The largest absolute Gasteiger partial charge is 0.310 e. The first-order valence-electron chi connectivity index (χ1n) is 5.34. The van der Waals surface area contributed by atoms with E-state index in [0.29, 0.717) is 6.04 Å². The maximum absolute atomic E-state index is 4.14. The molecule has 14 heavy (non-hydrogen) atoms. The van der Waals surface area contributed by atoms with Crippen molar-refractivity contribution in [2.24, 2.45) is 13.0 Å². The molecule has 3 nitrogen and oxygen atoms in total. The number of hydrogen-bond acceptors (Lipinski definition) is 2. The van der Waals surface area contributed by atoms with E-state index < -0.39 is 0 Å². The first-order chi connectivity index (χ1) is 6.63. The van der Waals surface area contributed by atoms with Crippen LogP contribution in [0.1, 0.15) is 32.8 Å². The van der Waals surface area contributed by atoms with Gasteiger partial charge in [-0.15, -0.1) is 0 Å². The molecule has 0 amide bonds. The van der Waals surface area contributed by atoms with Crippen LogP contribution in [0.5, 0.6) is 0 Å². The van der Waals surface area contributed by atoms with Gasteiger partial charge in [0.25, 0.3) is 0 Å². The molecule has 1 rings (SSSR count). The van der Waals surface area contributed by atoms with Gasteiger partial charge in [0.05, 0.1) is 6.20 Å². The zero-order chi connectivity index (χ0) is 10.6. The summed E-state index contributed by atoms with van der Waals surface area (Å²) < 4.78 is 1.84. The smallest absolute Gasteiger partial charge is 0.0534 e. The second-order valence-corrected chi connectivity index (χ2v) is 4.08. The fourth-order valence-electron chi connectivity index (χ4n) is 1.40. The summed E-state index contributed by atoms with van der Waals surface area (Å²) in [5.41, 5.74) is 1.25. The Morgan fingerprint density at radius 1 is 1.50 bits per heavy atom. The lowest BCUT2D eigenvalue weighted by Gasteiger charge is -2.19. The van der Waals surface area contributed by atoms with Crippen LogP contribution >= 0.6 is 0 Å². The fourth-order valence-corrected chi connectivity index (χ4v) is 1.40. The van der Waals surface area contributed by atoms with Crippen molar-refractivity contribution in [1.82, 2.24) is 15.1 Å². The number of nitrogens with zero attached hydrogens (tertiary/aromatic N) is 2. The number of nitrogens with one attached hydrogen (secondary N) is 1. The van der Waals surface area contributed by atoms with Gasteiger partial charge in [-0.05, 0) is 12.8 Å². The Balaban J connectivity index is 2.33. The molecule has 0 aliphatic carbocycles. The summed E-state index contributed by atoms with van der Waals surface area (Å²) in [5.74, 6) is 0.728. The van der Waals surface area contributed by atoms with E-state index in [4.69, 9.17) is 0 Å². The van der Waals surface area contributed by atoms with Crippen LogP contribution in [0, 0.1) is 5.92 Å². The van der Waals surface area contributed by atoms with E-state index in [1.54, 1.807) is 0 Å². The molecule has 1 heterocycles. The van der Waals surface area contributed by atoms with Crippen molar-refractivity contribution < 1.29 is 0 Å². The van der Waals surface area contributed by atoms with E-state index in [9.17, 15) is 0 Å². The minimum atomic E-state index is 0.570. The quantitative estimate of drug-likeness (QED) is 0.778. The lowest BCUT2D eigenvalue weighted by molar-refractivity contribution is 0.389. The highest BCUT2D eigenvalue weighted by Crippen LogP contribution is 2.07. The topological polar surface area (TPSA) is 29.9 Å². The van der Waals surface area contributed by atoms with Crippen molar-refractivity contribution in [3.8, 4) is 0 Å². The second kappa shape index (κ2) is 5.15. The highest BCUT2D eigenvalue weighted by atomic mass is 15.2. The van der Waals surface area contributed by atoms with Crippen molar-refractivity contribution in [2.75, 3.05) is 0 Å². The molecule has 0 aliphatic rings. The average molecular weight is 195 g/mol. The summed E-state index contributed by atoms with van der Waals surface area (Å²) in [7, 11) is 1.95. The number of aryl methyl sites for hydroxylation is 1. The maximum Gasteiger partial charge on any atom is 0.0534 e. The van der Waals surface area contributed by atoms with Gasteiger partial charge in [0.1, 0.15) is 0 Å². The molecule has 0 saturated heterocycles. The highest BCUT2D eigenvalue weighted by Gasteiger charge is 2.09. The predicted molar refractivity (Wildman–Crippen MR) is 59.0 cm³/mol. The molecule has 1 aromatic rings. The number of rotatable bonds is 5. The summed E-state index contributed by atoms with van der Waals surface area (Å²) in [5, 5.41) is 7.65.